The normalized spacial score (nSPS) is 9.90. The molecule has 0 aromatic heterocycles. The zero-order valence-corrected chi connectivity index (χ0v) is 12.0. The molecular weight excluding hydrogens is 305 g/mol. The van der Waals surface area contributed by atoms with Gasteiger partial charge in [0.2, 0.25) is 0 Å². The first-order chi connectivity index (χ1) is 9.43. The van der Waals surface area contributed by atoms with Crippen LogP contribution in [0.2, 0.25) is 10.0 Å². The summed E-state index contributed by atoms with van der Waals surface area (Å²) in [7, 11) is 0. The Morgan fingerprint density at radius 3 is 2.60 bits per heavy atom. The molecule has 0 saturated carbocycles. The zero-order valence-electron chi connectivity index (χ0n) is 10.5. The van der Waals surface area contributed by atoms with Crippen LogP contribution in [-0.4, -0.2) is 41.6 Å². The van der Waals surface area contributed by atoms with Crippen LogP contribution in [0.15, 0.2) is 30.9 Å². The summed E-state index contributed by atoms with van der Waals surface area (Å²) in [6.45, 7) is 2.91. The SMILES string of the molecule is C=CCN(CC(=O)O)C(=O)COc1ccc(Cl)c(Cl)c1. The molecule has 1 N–H and O–H groups in total. The van der Waals surface area contributed by atoms with Gasteiger partial charge in [0.1, 0.15) is 12.3 Å². The Labute approximate surface area is 126 Å². The highest BCUT2D eigenvalue weighted by Crippen LogP contribution is 2.26. The standard InChI is InChI=1S/C13H13Cl2NO4/c1-2-5-16(7-13(18)19)12(17)8-20-9-3-4-10(14)11(15)6-9/h2-4,6H,1,5,7-8H2,(H,18,19). The molecule has 0 saturated heterocycles. The van der Waals surface area contributed by atoms with Gasteiger partial charge in [-0.25, -0.2) is 0 Å². The van der Waals surface area contributed by atoms with Crippen molar-refractivity contribution in [3.63, 3.8) is 0 Å². The molecule has 108 valence electrons. The highest BCUT2D eigenvalue weighted by Gasteiger charge is 2.16. The van der Waals surface area contributed by atoms with E-state index in [1.165, 1.54) is 12.1 Å². The van der Waals surface area contributed by atoms with Crippen molar-refractivity contribution in [1.29, 1.82) is 0 Å². The molecule has 7 heteroatoms. The summed E-state index contributed by atoms with van der Waals surface area (Å²) in [5.41, 5.74) is 0. The first-order valence-corrected chi connectivity index (χ1v) is 6.38. The van der Waals surface area contributed by atoms with Crippen LogP contribution in [0.25, 0.3) is 0 Å². The molecule has 5 nitrogen and oxygen atoms in total. The van der Waals surface area contributed by atoms with E-state index in [4.69, 9.17) is 33.0 Å². The first kappa shape index (κ1) is 16.3. The molecule has 0 aliphatic rings. The summed E-state index contributed by atoms with van der Waals surface area (Å²) < 4.78 is 5.25. The van der Waals surface area contributed by atoms with Crippen molar-refractivity contribution in [2.75, 3.05) is 19.7 Å². The summed E-state index contributed by atoms with van der Waals surface area (Å²) in [5.74, 6) is -1.19. The third-order valence-corrected chi connectivity index (χ3v) is 3.02. The number of carbonyl (C=O) groups is 2. The van der Waals surface area contributed by atoms with Gasteiger partial charge >= 0.3 is 5.97 Å². The van der Waals surface area contributed by atoms with E-state index in [1.807, 2.05) is 0 Å². The first-order valence-electron chi connectivity index (χ1n) is 5.62. The van der Waals surface area contributed by atoms with Crippen LogP contribution < -0.4 is 4.74 Å². The highest BCUT2D eigenvalue weighted by molar-refractivity contribution is 6.42. The van der Waals surface area contributed by atoms with Gasteiger partial charge in [-0.3, -0.25) is 9.59 Å². The summed E-state index contributed by atoms with van der Waals surface area (Å²) in [5, 5.41) is 9.40. The molecule has 0 unspecified atom stereocenters. The molecule has 0 aliphatic heterocycles. The maximum absolute atomic E-state index is 11.8. The van der Waals surface area contributed by atoms with E-state index in [0.29, 0.717) is 15.8 Å². The molecule has 20 heavy (non-hydrogen) atoms. The second-order valence-electron chi connectivity index (χ2n) is 3.82. The molecule has 1 aromatic rings. The number of nitrogens with zero attached hydrogens (tertiary/aromatic N) is 1. The van der Waals surface area contributed by atoms with Crippen LogP contribution in [0.5, 0.6) is 5.75 Å². The Balaban J connectivity index is 2.61. The summed E-state index contributed by atoms with van der Waals surface area (Å²) in [6, 6.07) is 4.59. The average Bonchev–Trinajstić information content (AvgIpc) is 2.39. The number of benzene rings is 1. The number of carbonyl (C=O) groups excluding carboxylic acids is 1. The lowest BCUT2D eigenvalue weighted by Gasteiger charge is -2.19. The van der Waals surface area contributed by atoms with E-state index in [-0.39, 0.29) is 13.2 Å². The third kappa shape index (κ3) is 5.11. The second-order valence-corrected chi connectivity index (χ2v) is 4.64. The van der Waals surface area contributed by atoms with E-state index in [0.717, 1.165) is 4.90 Å². The molecule has 1 aromatic carbocycles. The lowest BCUT2D eigenvalue weighted by Crippen LogP contribution is -2.38. The average molecular weight is 318 g/mol. The van der Waals surface area contributed by atoms with Gasteiger partial charge in [0, 0.05) is 12.6 Å². The van der Waals surface area contributed by atoms with Gasteiger partial charge in [0.25, 0.3) is 5.91 Å². The van der Waals surface area contributed by atoms with Gasteiger partial charge in [-0.05, 0) is 12.1 Å². The van der Waals surface area contributed by atoms with E-state index in [2.05, 4.69) is 6.58 Å². The van der Waals surface area contributed by atoms with E-state index >= 15 is 0 Å². The van der Waals surface area contributed by atoms with Crippen molar-refractivity contribution in [2.24, 2.45) is 0 Å². The predicted octanol–water partition coefficient (Wildman–Crippen LogP) is 2.47. The van der Waals surface area contributed by atoms with Crippen molar-refractivity contribution in [2.45, 2.75) is 0 Å². The van der Waals surface area contributed by atoms with Crippen LogP contribution in [-0.2, 0) is 9.59 Å². The predicted molar refractivity (Wildman–Crippen MR) is 76.4 cm³/mol. The van der Waals surface area contributed by atoms with Gasteiger partial charge in [-0.15, -0.1) is 6.58 Å². The van der Waals surface area contributed by atoms with Crippen molar-refractivity contribution >= 4 is 35.1 Å². The topological polar surface area (TPSA) is 66.8 Å². The number of aliphatic carboxylic acids is 1. The van der Waals surface area contributed by atoms with Gasteiger partial charge in [-0.1, -0.05) is 29.3 Å². The number of rotatable bonds is 7. The Morgan fingerprint density at radius 2 is 2.05 bits per heavy atom. The summed E-state index contributed by atoms with van der Waals surface area (Å²) >= 11 is 11.6. The van der Waals surface area contributed by atoms with Crippen molar-refractivity contribution in [1.82, 2.24) is 4.90 Å². The molecule has 0 bridgehead atoms. The van der Waals surface area contributed by atoms with Crippen molar-refractivity contribution < 1.29 is 19.4 Å². The minimum atomic E-state index is -1.10. The number of hydrogen-bond donors (Lipinski definition) is 1. The smallest absolute Gasteiger partial charge is 0.323 e. The fourth-order valence-corrected chi connectivity index (χ4v) is 1.66. The monoisotopic (exact) mass is 317 g/mol. The lowest BCUT2D eigenvalue weighted by atomic mass is 10.3. The molecule has 0 radical (unpaired) electrons. The fourth-order valence-electron chi connectivity index (χ4n) is 1.38. The summed E-state index contributed by atoms with van der Waals surface area (Å²) in [6.07, 6.45) is 1.44. The van der Waals surface area contributed by atoms with E-state index in [9.17, 15) is 9.59 Å². The van der Waals surface area contributed by atoms with E-state index < -0.39 is 18.4 Å². The van der Waals surface area contributed by atoms with Crippen LogP contribution in [0.4, 0.5) is 0 Å². The van der Waals surface area contributed by atoms with Crippen molar-refractivity contribution in [3.05, 3.63) is 40.9 Å². The molecule has 0 heterocycles. The number of hydrogen-bond acceptors (Lipinski definition) is 3. The molecule has 0 spiro atoms. The number of carboxylic acid groups (broad SMARTS) is 1. The molecule has 1 amide bonds. The minimum absolute atomic E-state index is 0.135. The van der Waals surface area contributed by atoms with Crippen LogP contribution in [0.3, 0.4) is 0 Å². The minimum Gasteiger partial charge on any atom is -0.484 e. The van der Waals surface area contributed by atoms with E-state index in [1.54, 1.807) is 12.1 Å². The maximum Gasteiger partial charge on any atom is 0.323 e. The third-order valence-electron chi connectivity index (χ3n) is 2.28. The van der Waals surface area contributed by atoms with Crippen LogP contribution in [0, 0.1) is 0 Å². The molecular formula is C13H13Cl2NO4. The quantitative estimate of drug-likeness (QED) is 0.784. The summed E-state index contributed by atoms with van der Waals surface area (Å²) in [4.78, 5) is 23.6. The van der Waals surface area contributed by atoms with Crippen molar-refractivity contribution in [3.8, 4) is 5.75 Å². The highest BCUT2D eigenvalue weighted by atomic mass is 35.5. The Morgan fingerprint density at radius 1 is 1.35 bits per heavy atom. The van der Waals surface area contributed by atoms with Gasteiger partial charge in [-0.2, -0.15) is 0 Å². The molecule has 1 rings (SSSR count). The van der Waals surface area contributed by atoms with Crippen LogP contribution >= 0.6 is 23.2 Å². The molecule has 0 atom stereocenters. The second kappa shape index (κ2) is 7.77. The Bertz CT molecular complexity index is 519. The fraction of sp³-hybridized carbons (Fsp3) is 0.231. The largest absolute Gasteiger partial charge is 0.484 e. The number of amides is 1. The zero-order chi connectivity index (χ0) is 15.1. The Kier molecular flexibility index (Phi) is 6.35. The van der Waals surface area contributed by atoms with Crippen LogP contribution in [0.1, 0.15) is 0 Å². The Hall–Kier alpha value is -1.72. The molecule has 0 fully saturated rings. The van der Waals surface area contributed by atoms with Gasteiger partial charge in [0.05, 0.1) is 10.0 Å². The lowest BCUT2D eigenvalue weighted by molar-refractivity contribution is -0.144. The maximum atomic E-state index is 11.8. The molecule has 0 aliphatic carbocycles. The number of carboxylic acids is 1. The number of halogens is 2. The number of ether oxygens (including phenoxy) is 1. The van der Waals surface area contributed by atoms with Gasteiger partial charge in [0.15, 0.2) is 6.61 Å². The van der Waals surface area contributed by atoms with Gasteiger partial charge < -0.3 is 14.7 Å².